The smallest absolute Gasteiger partial charge is 0.277 e. The minimum absolute atomic E-state index is 0.0203. The zero-order valence-electron chi connectivity index (χ0n) is 17.3. The fraction of sp³-hybridized carbons (Fsp3) is 0.217. The van der Waals surface area contributed by atoms with E-state index < -0.39 is 46.7 Å². The zero-order valence-corrected chi connectivity index (χ0v) is 17.3. The Morgan fingerprint density at radius 2 is 1.73 bits per heavy atom. The van der Waals surface area contributed by atoms with Crippen LogP contribution in [0.3, 0.4) is 0 Å². The molecule has 170 valence electrons. The van der Waals surface area contributed by atoms with Crippen molar-refractivity contribution in [2.75, 3.05) is 18.7 Å². The zero-order chi connectivity index (χ0) is 23.4. The molecule has 5 rings (SSSR count). The summed E-state index contributed by atoms with van der Waals surface area (Å²) in [6.45, 7) is 0.0440. The van der Waals surface area contributed by atoms with Crippen molar-refractivity contribution in [1.29, 1.82) is 0 Å². The third-order valence-corrected chi connectivity index (χ3v) is 6.02. The predicted molar refractivity (Wildman–Crippen MR) is 111 cm³/mol. The molecule has 0 saturated carbocycles. The molecule has 0 fully saturated rings. The van der Waals surface area contributed by atoms with Crippen LogP contribution in [0.2, 0.25) is 0 Å². The predicted octanol–water partition coefficient (Wildman–Crippen LogP) is 2.89. The van der Waals surface area contributed by atoms with Crippen LogP contribution in [0.5, 0.6) is 11.5 Å². The average Bonchev–Trinajstić information content (AvgIpc) is 2.78. The fourth-order valence-corrected chi connectivity index (χ4v) is 4.46. The molecule has 33 heavy (non-hydrogen) atoms. The molecule has 2 unspecified atom stereocenters. The number of hydrogen-bond donors (Lipinski definition) is 1. The van der Waals surface area contributed by atoms with Gasteiger partial charge in [-0.25, -0.2) is 13.2 Å². The topological polar surface area (TPSA) is 75.0 Å². The molecular formula is C23H18F3N3O4. The first-order chi connectivity index (χ1) is 15.8. The average molecular weight is 457 g/mol. The van der Waals surface area contributed by atoms with Crippen LogP contribution in [0.25, 0.3) is 0 Å². The first kappa shape index (κ1) is 20.9. The van der Waals surface area contributed by atoms with Crippen molar-refractivity contribution in [2.45, 2.75) is 18.6 Å². The molecule has 2 atom stereocenters. The second-order valence-electron chi connectivity index (χ2n) is 7.86. The number of benzene rings is 2. The number of hydrogen-bond acceptors (Lipinski definition) is 5. The molecule has 1 amide bonds. The molecule has 0 aliphatic carbocycles. The van der Waals surface area contributed by atoms with Crippen molar-refractivity contribution in [3.63, 3.8) is 0 Å². The lowest BCUT2D eigenvalue weighted by molar-refractivity contribution is 0.0572. The lowest BCUT2D eigenvalue weighted by Gasteiger charge is -2.49. The largest absolute Gasteiger partial charge is 0.502 e. The minimum Gasteiger partial charge on any atom is -0.502 e. The third-order valence-electron chi connectivity index (χ3n) is 6.02. The summed E-state index contributed by atoms with van der Waals surface area (Å²) in [5, 5.41) is 12.0. The highest BCUT2D eigenvalue weighted by molar-refractivity contribution is 5.96. The van der Waals surface area contributed by atoms with E-state index in [1.807, 2.05) is 0 Å². The van der Waals surface area contributed by atoms with Crippen LogP contribution in [-0.2, 0) is 0 Å². The highest BCUT2D eigenvalue weighted by Gasteiger charge is 2.44. The van der Waals surface area contributed by atoms with Crippen molar-refractivity contribution in [1.82, 2.24) is 9.58 Å². The van der Waals surface area contributed by atoms with E-state index in [0.29, 0.717) is 0 Å². The SMILES string of the molecule is CN1C(=O)c2c(O)c(=O)ccn2N2C(c3ccccc3F)c3cc(F)c(F)cc3OCCC12. The van der Waals surface area contributed by atoms with E-state index in [1.165, 1.54) is 41.0 Å². The van der Waals surface area contributed by atoms with Gasteiger partial charge in [-0.1, -0.05) is 18.2 Å². The van der Waals surface area contributed by atoms with Crippen LogP contribution in [0, 0.1) is 17.5 Å². The molecular weight excluding hydrogens is 439 g/mol. The Bertz CT molecular complexity index is 1340. The van der Waals surface area contributed by atoms with Crippen molar-refractivity contribution < 1.29 is 27.8 Å². The monoisotopic (exact) mass is 457 g/mol. The standard InChI is InChI=1S/C23H18F3N3O4/c1-27-19-7-9-33-18-11-16(26)15(25)10-13(18)20(12-4-2-3-5-14(12)24)29(19)28-8-6-17(30)22(31)21(28)23(27)32/h2-6,8,10-11,19-20,31H,7,9H2,1H3. The summed E-state index contributed by atoms with van der Waals surface area (Å²) in [4.78, 5) is 26.4. The number of halogens is 3. The van der Waals surface area contributed by atoms with Gasteiger partial charge >= 0.3 is 0 Å². The van der Waals surface area contributed by atoms with Crippen LogP contribution in [-0.4, -0.2) is 40.4 Å². The summed E-state index contributed by atoms with van der Waals surface area (Å²) >= 11 is 0. The number of nitrogens with zero attached hydrogens (tertiary/aromatic N) is 3. The van der Waals surface area contributed by atoms with Gasteiger partial charge in [-0.15, -0.1) is 0 Å². The highest BCUT2D eigenvalue weighted by Crippen LogP contribution is 2.41. The van der Waals surface area contributed by atoms with E-state index in [0.717, 1.165) is 18.2 Å². The number of aromatic nitrogens is 1. The Hall–Kier alpha value is -3.95. The molecule has 7 nitrogen and oxygen atoms in total. The summed E-state index contributed by atoms with van der Waals surface area (Å²) in [5.41, 5.74) is -0.844. The lowest BCUT2D eigenvalue weighted by atomic mass is 9.94. The van der Waals surface area contributed by atoms with Crippen molar-refractivity contribution >= 4 is 5.91 Å². The van der Waals surface area contributed by atoms with E-state index in [-0.39, 0.29) is 35.6 Å². The maximum atomic E-state index is 15.1. The van der Waals surface area contributed by atoms with Crippen molar-refractivity contribution in [2.24, 2.45) is 0 Å². The Morgan fingerprint density at radius 1 is 1.00 bits per heavy atom. The lowest BCUT2D eigenvalue weighted by Crippen LogP contribution is -2.62. The number of fused-ring (bicyclic) bond motifs is 4. The molecule has 2 aliphatic heterocycles. The first-order valence-electron chi connectivity index (χ1n) is 10.2. The molecule has 0 spiro atoms. The molecule has 3 heterocycles. The molecule has 3 aromatic rings. The van der Waals surface area contributed by atoms with Crippen LogP contribution >= 0.6 is 0 Å². The Labute approximate surface area is 185 Å². The second-order valence-corrected chi connectivity index (χ2v) is 7.86. The van der Waals surface area contributed by atoms with Gasteiger partial charge in [0.05, 0.1) is 6.61 Å². The summed E-state index contributed by atoms with van der Waals surface area (Å²) in [5.74, 6) is -4.25. The van der Waals surface area contributed by atoms with Gasteiger partial charge < -0.3 is 14.7 Å². The first-order valence-corrected chi connectivity index (χ1v) is 10.2. The maximum absolute atomic E-state index is 15.1. The second kappa shape index (κ2) is 7.58. The Kier molecular flexibility index (Phi) is 4.80. The number of carbonyl (C=O) groups excluding carboxylic acids is 1. The molecule has 1 N–H and O–H groups in total. The normalized spacial score (nSPS) is 19.7. The summed E-state index contributed by atoms with van der Waals surface area (Å²) in [6, 6.07) is 7.62. The number of pyridine rings is 1. The fourth-order valence-electron chi connectivity index (χ4n) is 4.46. The molecule has 0 radical (unpaired) electrons. The molecule has 0 bridgehead atoms. The minimum atomic E-state index is -1.15. The van der Waals surface area contributed by atoms with E-state index in [2.05, 4.69) is 0 Å². The highest BCUT2D eigenvalue weighted by atomic mass is 19.2. The van der Waals surface area contributed by atoms with Crippen molar-refractivity contribution in [3.8, 4) is 11.5 Å². The summed E-state index contributed by atoms with van der Waals surface area (Å²) in [6.07, 6.45) is 0.793. The van der Waals surface area contributed by atoms with Crippen molar-refractivity contribution in [3.05, 3.63) is 93.2 Å². The molecule has 2 aliphatic rings. The van der Waals surface area contributed by atoms with E-state index >= 15 is 4.39 Å². The van der Waals surface area contributed by atoms with E-state index in [4.69, 9.17) is 4.74 Å². The number of amides is 1. The van der Waals surface area contributed by atoms with Gasteiger partial charge in [0.2, 0.25) is 5.43 Å². The molecule has 10 heteroatoms. The van der Waals surface area contributed by atoms with Gasteiger partial charge in [0.15, 0.2) is 23.1 Å². The number of carbonyl (C=O) groups is 1. The number of aromatic hydroxyl groups is 1. The number of rotatable bonds is 1. The van der Waals surface area contributed by atoms with Gasteiger partial charge in [-0.05, 0) is 12.1 Å². The van der Waals surface area contributed by atoms with Gasteiger partial charge in [0, 0.05) is 42.9 Å². The Balaban J connectivity index is 1.87. The molecule has 1 aromatic heterocycles. The molecule has 0 saturated heterocycles. The summed E-state index contributed by atoms with van der Waals surface area (Å²) in [7, 11) is 1.48. The molecule has 2 aromatic carbocycles. The van der Waals surface area contributed by atoms with Crippen LogP contribution in [0.4, 0.5) is 13.2 Å². The van der Waals surface area contributed by atoms with Gasteiger partial charge in [0.25, 0.3) is 5.91 Å². The Morgan fingerprint density at radius 3 is 2.48 bits per heavy atom. The van der Waals surface area contributed by atoms with Gasteiger partial charge in [-0.3, -0.25) is 19.3 Å². The van der Waals surface area contributed by atoms with Crippen LogP contribution < -0.4 is 15.2 Å². The summed E-state index contributed by atoms with van der Waals surface area (Å²) < 4.78 is 50.6. The maximum Gasteiger partial charge on any atom is 0.277 e. The van der Waals surface area contributed by atoms with E-state index in [9.17, 15) is 23.5 Å². The van der Waals surface area contributed by atoms with E-state index in [1.54, 1.807) is 11.1 Å². The van der Waals surface area contributed by atoms with Crippen LogP contribution in [0.15, 0.2) is 53.5 Å². The van der Waals surface area contributed by atoms with Gasteiger partial charge in [-0.2, -0.15) is 0 Å². The van der Waals surface area contributed by atoms with Crippen LogP contribution in [0.1, 0.15) is 34.1 Å². The quantitative estimate of drug-likeness (QED) is 0.609. The third kappa shape index (κ3) is 3.12. The number of ether oxygens (including phenoxy) is 1. The van der Waals surface area contributed by atoms with Gasteiger partial charge in [0.1, 0.15) is 23.8 Å².